The Bertz CT molecular complexity index is 851. The number of benzene rings is 2. The van der Waals surface area contributed by atoms with E-state index in [1.807, 2.05) is 60.7 Å². The minimum atomic E-state index is -4.30. The zero-order valence-electron chi connectivity index (χ0n) is 18.0. The summed E-state index contributed by atoms with van der Waals surface area (Å²) in [5.41, 5.74) is 1.86. The molecule has 0 spiro atoms. The molecule has 0 saturated carbocycles. The van der Waals surface area contributed by atoms with Crippen molar-refractivity contribution in [3.05, 3.63) is 71.8 Å². The first-order chi connectivity index (χ1) is 15.2. The van der Waals surface area contributed by atoms with E-state index < -0.39 is 18.0 Å². The third kappa shape index (κ3) is 6.56. The van der Waals surface area contributed by atoms with Gasteiger partial charge in [-0.3, -0.25) is 14.5 Å². The van der Waals surface area contributed by atoms with Gasteiger partial charge in [0.15, 0.2) is 0 Å². The second kappa shape index (κ2) is 10.6. The first-order valence-corrected chi connectivity index (χ1v) is 10.7. The lowest BCUT2D eigenvalue weighted by Crippen LogP contribution is -2.48. The van der Waals surface area contributed by atoms with E-state index in [2.05, 4.69) is 5.32 Å². The van der Waals surface area contributed by atoms with E-state index in [1.165, 1.54) is 9.80 Å². The summed E-state index contributed by atoms with van der Waals surface area (Å²) in [4.78, 5) is 28.0. The Hall–Kier alpha value is -2.87. The summed E-state index contributed by atoms with van der Waals surface area (Å²) in [6.45, 7) is -0.153. The molecule has 0 aliphatic carbocycles. The van der Waals surface area contributed by atoms with Crippen LogP contribution in [-0.4, -0.2) is 61.0 Å². The second-order valence-electron chi connectivity index (χ2n) is 8.21. The number of nitrogens with one attached hydrogen (secondary N) is 1. The molecule has 2 aromatic carbocycles. The van der Waals surface area contributed by atoms with E-state index >= 15 is 0 Å². The smallest absolute Gasteiger partial charge is 0.344 e. The van der Waals surface area contributed by atoms with Crippen LogP contribution in [0.3, 0.4) is 0 Å². The van der Waals surface area contributed by atoms with E-state index in [9.17, 15) is 22.8 Å². The maximum atomic E-state index is 13.0. The Balaban J connectivity index is 1.58. The SMILES string of the molecule is CN(CC(=O)NC(c1ccccc1)c1ccccc1)CC(=O)N1CCCC(C(F)(F)F)C1. The topological polar surface area (TPSA) is 52.7 Å². The highest BCUT2D eigenvalue weighted by molar-refractivity contribution is 5.81. The number of rotatable bonds is 7. The molecule has 1 saturated heterocycles. The third-order valence-electron chi connectivity index (χ3n) is 5.63. The summed E-state index contributed by atoms with van der Waals surface area (Å²) in [7, 11) is 1.61. The van der Waals surface area contributed by atoms with E-state index in [1.54, 1.807) is 7.05 Å². The zero-order valence-corrected chi connectivity index (χ0v) is 18.0. The quantitative estimate of drug-likeness (QED) is 0.706. The molecule has 3 rings (SSSR count). The molecule has 0 bridgehead atoms. The Morgan fingerprint density at radius 3 is 2.12 bits per heavy atom. The molecule has 32 heavy (non-hydrogen) atoms. The molecule has 1 heterocycles. The van der Waals surface area contributed by atoms with Crippen molar-refractivity contribution in [1.82, 2.24) is 15.1 Å². The fourth-order valence-corrected chi connectivity index (χ4v) is 3.96. The Morgan fingerprint density at radius 2 is 1.59 bits per heavy atom. The fraction of sp³-hybridized carbons (Fsp3) is 0.417. The van der Waals surface area contributed by atoms with Gasteiger partial charge in [-0.2, -0.15) is 13.2 Å². The first kappa shape index (κ1) is 23.8. The molecule has 1 N–H and O–H groups in total. The normalized spacial score (nSPS) is 16.9. The van der Waals surface area contributed by atoms with Gasteiger partial charge in [0.1, 0.15) is 0 Å². The monoisotopic (exact) mass is 447 g/mol. The average Bonchev–Trinajstić information content (AvgIpc) is 2.78. The largest absolute Gasteiger partial charge is 0.393 e. The van der Waals surface area contributed by atoms with Crippen LogP contribution in [0.15, 0.2) is 60.7 Å². The summed E-state index contributed by atoms with van der Waals surface area (Å²) in [5.74, 6) is -2.15. The lowest BCUT2D eigenvalue weighted by Gasteiger charge is -2.34. The van der Waals surface area contributed by atoms with Gasteiger partial charge < -0.3 is 10.2 Å². The number of alkyl halides is 3. The van der Waals surface area contributed by atoms with Crippen LogP contribution in [0.1, 0.15) is 30.0 Å². The maximum Gasteiger partial charge on any atom is 0.393 e. The average molecular weight is 448 g/mol. The molecular weight excluding hydrogens is 419 g/mol. The molecule has 1 atom stereocenters. The summed E-state index contributed by atoms with van der Waals surface area (Å²) >= 11 is 0. The Morgan fingerprint density at radius 1 is 1.03 bits per heavy atom. The van der Waals surface area contributed by atoms with Gasteiger partial charge in [0.25, 0.3) is 0 Å². The molecule has 0 aromatic heterocycles. The van der Waals surface area contributed by atoms with Crippen molar-refractivity contribution in [3.63, 3.8) is 0 Å². The molecule has 8 heteroatoms. The first-order valence-electron chi connectivity index (χ1n) is 10.7. The fourth-order valence-electron chi connectivity index (χ4n) is 3.96. The molecule has 1 aliphatic rings. The highest BCUT2D eigenvalue weighted by atomic mass is 19.4. The molecule has 172 valence electrons. The van der Waals surface area contributed by atoms with Crippen molar-refractivity contribution in [2.45, 2.75) is 25.1 Å². The van der Waals surface area contributed by atoms with Crippen LogP contribution in [0.25, 0.3) is 0 Å². The van der Waals surface area contributed by atoms with Gasteiger partial charge in [-0.15, -0.1) is 0 Å². The zero-order chi connectivity index (χ0) is 23.1. The minimum absolute atomic E-state index is 0.0432. The number of carbonyl (C=O) groups is 2. The van der Waals surface area contributed by atoms with Crippen molar-refractivity contribution in [2.24, 2.45) is 5.92 Å². The number of carbonyl (C=O) groups excluding carboxylic acids is 2. The molecule has 1 fully saturated rings. The van der Waals surface area contributed by atoms with Gasteiger partial charge in [-0.1, -0.05) is 60.7 Å². The summed E-state index contributed by atoms with van der Waals surface area (Å²) in [6.07, 6.45) is -3.92. The number of hydrogen-bond donors (Lipinski definition) is 1. The molecular formula is C24H28F3N3O2. The summed E-state index contributed by atoms with van der Waals surface area (Å²) in [5, 5.41) is 3.01. The van der Waals surface area contributed by atoms with E-state index in [0.717, 1.165) is 11.1 Å². The van der Waals surface area contributed by atoms with Gasteiger partial charge in [0, 0.05) is 13.1 Å². The van der Waals surface area contributed by atoms with Gasteiger partial charge >= 0.3 is 6.18 Å². The predicted molar refractivity (Wildman–Crippen MR) is 116 cm³/mol. The van der Waals surface area contributed by atoms with Crippen molar-refractivity contribution in [1.29, 1.82) is 0 Å². The van der Waals surface area contributed by atoms with Crippen molar-refractivity contribution in [3.8, 4) is 0 Å². The van der Waals surface area contributed by atoms with Crippen molar-refractivity contribution in [2.75, 3.05) is 33.2 Å². The third-order valence-corrected chi connectivity index (χ3v) is 5.63. The number of piperidine rings is 1. The van der Waals surface area contributed by atoms with Crippen LogP contribution in [0.4, 0.5) is 13.2 Å². The predicted octanol–water partition coefficient (Wildman–Crippen LogP) is 3.62. The van der Waals surface area contributed by atoms with E-state index in [0.29, 0.717) is 13.0 Å². The molecule has 1 aliphatic heterocycles. The van der Waals surface area contributed by atoms with Crippen LogP contribution in [-0.2, 0) is 9.59 Å². The number of likely N-dealkylation sites (N-methyl/N-ethyl adjacent to an activating group) is 1. The van der Waals surface area contributed by atoms with E-state index in [4.69, 9.17) is 0 Å². The number of amides is 2. The van der Waals surface area contributed by atoms with Crippen LogP contribution in [0, 0.1) is 5.92 Å². The van der Waals surface area contributed by atoms with Gasteiger partial charge in [0.2, 0.25) is 11.8 Å². The number of nitrogens with zero attached hydrogens (tertiary/aromatic N) is 2. The maximum absolute atomic E-state index is 13.0. The molecule has 0 radical (unpaired) electrons. The van der Waals surface area contributed by atoms with Crippen LogP contribution in [0.5, 0.6) is 0 Å². The Kier molecular flexibility index (Phi) is 7.90. The highest BCUT2D eigenvalue weighted by Gasteiger charge is 2.42. The lowest BCUT2D eigenvalue weighted by atomic mass is 9.97. The van der Waals surface area contributed by atoms with Crippen LogP contribution in [0.2, 0.25) is 0 Å². The van der Waals surface area contributed by atoms with E-state index in [-0.39, 0.29) is 38.0 Å². The summed E-state index contributed by atoms with van der Waals surface area (Å²) < 4.78 is 39.0. The van der Waals surface area contributed by atoms with Crippen LogP contribution < -0.4 is 5.32 Å². The Labute approximate surface area is 186 Å². The van der Waals surface area contributed by atoms with Crippen molar-refractivity contribution >= 4 is 11.8 Å². The molecule has 2 aromatic rings. The van der Waals surface area contributed by atoms with Crippen molar-refractivity contribution < 1.29 is 22.8 Å². The molecule has 1 unspecified atom stereocenters. The van der Waals surface area contributed by atoms with Gasteiger partial charge in [-0.25, -0.2) is 0 Å². The second-order valence-corrected chi connectivity index (χ2v) is 8.21. The summed E-state index contributed by atoms with van der Waals surface area (Å²) in [6, 6.07) is 18.8. The number of halogens is 3. The minimum Gasteiger partial charge on any atom is -0.344 e. The lowest BCUT2D eigenvalue weighted by molar-refractivity contribution is -0.188. The molecule has 2 amide bonds. The number of likely N-dealkylation sites (tertiary alicyclic amines) is 1. The highest BCUT2D eigenvalue weighted by Crippen LogP contribution is 2.33. The van der Waals surface area contributed by atoms with Gasteiger partial charge in [-0.05, 0) is 31.0 Å². The number of hydrogen-bond acceptors (Lipinski definition) is 3. The standard InChI is InChI=1S/C24H28F3N3O2/c1-29(17-22(32)30-14-8-13-20(15-30)24(25,26)27)16-21(31)28-23(18-9-4-2-5-10-18)19-11-6-3-7-12-19/h2-7,9-12,20,23H,8,13-17H2,1H3,(H,28,31). The molecule has 5 nitrogen and oxygen atoms in total. The van der Waals surface area contributed by atoms with Crippen LogP contribution >= 0.6 is 0 Å². The van der Waals surface area contributed by atoms with Gasteiger partial charge in [0.05, 0.1) is 25.0 Å².